The number of nitrogens with one attached hydrogen (secondary N) is 2. The molecule has 4 N–H and O–H groups in total. The first-order chi connectivity index (χ1) is 19.9. The first kappa shape index (κ1) is 26.6. The third-order valence-corrected chi connectivity index (χ3v) is 7.22. The Morgan fingerprint density at radius 2 is 1.88 bits per heavy atom. The second-order valence-electron chi connectivity index (χ2n) is 10.0. The summed E-state index contributed by atoms with van der Waals surface area (Å²) in [4.78, 5) is 24.5. The lowest BCUT2D eigenvalue weighted by molar-refractivity contribution is 0.0933. The van der Waals surface area contributed by atoms with Gasteiger partial charge in [0.1, 0.15) is 0 Å². The minimum absolute atomic E-state index is 0.0422. The largest absolute Gasteiger partial charge is 0.382 e. The summed E-state index contributed by atoms with van der Waals surface area (Å²) in [5.74, 6) is 0.578. The lowest BCUT2D eigenvalue weighted by atomic mass is 10.1. The molecule has 41 heavy (non-hydrogen) atoms. The SMILES string of the molecule is C[C@@H](NC(=O)c1nc(-c2ccc(CN3CCCC3)cc2)cnc1N)c1nnc2ccc(Nc3cccc(Cl)c3)nn12. The highest BCUT2D eigenvalue weighted by atomic mass is 35.5. The minimum Gasteiger partial charge on any atom is -0.382 e. The van der Waals surface area contributed by atoms with Gasteiger partial charge in [0.25, 0.3) is 5.91 Å². The number of benzene rings is 2. The average Bonchev–Trinajstić information content (AvgIpc) is 3.64. The summed E-state index contributed by atoms with van der Waals surface area (Å²) in [7, 11) is 0. The number of nitrogens with two attached hydrogens (primary N) is 1. The Kier molecular flexibility index (Phi) is 7.45. The van der Waals surface area contributed by atoms with Crippen molar-refractivity contribution in [3.63, 3.8) is 0 Å². The molecule has 3 aromatic heterocycles. The summed E-state index contributed by atoms with van der Waals surface area (Å²) in [6.07, 6.45) is 4.10. The molecule has 208 valence electrons. The van der Waals surface area contributed by atoms with E-state index in [1.165, 1.54) is 18.4 Å². The van der Waals surface area contributed by atoms with Crippen LogP contribution in [0.2, 0.25) is 5.02 Å². The molecule has 1 amide bonds. The van der Waals surface area contributed by atoms with Gasteiger partial charge < -0.3 is 16.4 Å². The molecule has 11 nitrogen and oxygen atoms in total. The smallest absolute Gasteiger partial charge is 0.274 e. The summed E-state index contributed by atoms with van der Waals surface area (Å²) in [6.45, 7) is 5.01. The zero-order valence-electron chi connectivity index (χ0n) is 22.5. The van der Waals surface area contributed by atoms with Gasteiger partial charge in [-0.05, 0) is 68.8 Å². The van der Waals surface area contributed by atoms with Crippen LogP contribution in [0.3, 0.4) is 0 Å². The summed E-state index contributed by atoms with van der Waals surface area (Å²) in [6, 6.07) is 18.5. The van der Waals surface area contributed by atoms with Crippen molar-refractivity contribution in [2.45, 2.75) is 32.4 Å². The highest BCUT2D eigenvalue weighted by Gasteiger charge is 2.21. The fraction of sp³-hybridized carbons (Fsp3) is 0.241. The van der Waals surface area contributed by atoms with Crippen molar-refractivity contribution in [2.75, 3.05) is 24.1 Å². The van der Waals surface area contributed by atoms with E-state index in [1.807, 2.05) is 24.3 Å². The number of likely N-dealkylation sites (tertiary alicyclic amines) is 1. The van der Waals surface area contributed by atoms with E-state index >= 15 is 0 Å². The van der Waals surface area contributed by atoms with Gasteiger partial charge in [0.15, 0.2) is 28.8 Å². The maximum absolute atomic E-state index is 13.3. The van der Waals surface area contributed by atoms with Crippen LogP contribution in [-0.4, -0.2) is 53.7 Å². The topological polar surface area (TPSA) is 139 Å². The van der Waals surface area contributed by atoms with Crippen molar-refractivity contribution >= 4 is 40.5 Å². The molecule has 0 unspecified atom stereocenters. The van der Waals surface area contributed by atoms with Crippen LogP contribution in [0.4, 0.5) is 17.3 Å². The monoisotopic (exact) mass is 568 g/mol. The highest BCUT2D eigenvalue weighted by Crippen LogP contribution is 2.23. The van der Waals surface area contributed by atoms with Crippen LogP contribution in [0.25, 0.3) is 16.9 Å². The van der Waals surface area contributed by atoms with Gasteiger partial charge >= 0.3 is 0 Å². The van der Waals surface area contributed by atoms with Crippen LogP contribution >= 0.6 is 11.6 Å². The predicted octanol–water partition coefficient (Wildman–Crippen LogP) is 4.65. The molecule has 12 heteroatoms. The van der Waals surface area contributed by atoms with E-state index in [9.17, 15) is 4.79 Å². The third-order valence-electron chi connectivity index (χ3n) is 6.99. The Balaban J connectivity index is 1.18. The Morgan fingerprint density at radius 1 is 1.07 bits per heavy atom. The van der Waals surface area contributed by atoms with Crippen LogP contribution in [0.1, 0.15) is 47.7 Å². The Bertz CT molecular complexity index is 1700. The molecule has 0 aliphatic carbocycles. The lowest BCUT2D eigenvalue weighted by Crippen LogP contribution is -2.30. The number of carbonyl (C=O) groups is 1. The van der Waals surface area contributed by atoms with Crippen molar-refractivity contribution in [2.24, 2.45) is 0 Å². The van der Waals surface area contributed by atoms with Crippen molar-refractivity contribution in [3.05, 3.63) is 89.0 Å². The van der Waals surface area contributed by atoms with Gasteiger partial charge in [0.05, 0.1) is 17.9 Å². The van der Waals surface area contributed by atoms with Gasteiger partial charge in [0.2, 0.25) is 0 Å². The number of halogens is 1. The standard InChI is InChI=1S/C29H29ClN10O/c1-18(28-37-36-25-12-11-24(38-40(25)28)34-22-6-4-5-21(30)15-22)33-29(41)26-27(31)32-16-23(35-26)20-9-7-19(8-10-20)17-39-13-2-3-14-39/h4-12,15-16,18H,2-3,13-14,17H2,1H3,(H2,31,32)(H,33,41)(H,34,38)/t18-/m1/s1. The summed E-state index contributed by atoms with van der Waals surface area (Å²) in [5, 5.41) is 19.8. The number of anilines is 3. The normalized spacial score (nSPS) is 14.3. The van der Waals surface area contributed by atoms with E-state index in [0.29, 0.717) is 28.0 Å². The van der Waals surface area contributed by atoms with Gasteiger partial charge in [-0.1, -0.05) is 41.9 Å². The van der Waals surface area contributed by atoms with Gasteiger partial charge in [-0.15, -0.1) is 15.3 Å². The minimum atomic E-state index is -0.554. The van der Waals surface area contributed by atoms with Crippen LogP contribution in [-0.2, 0) is 6.54 Å². The number of rotatable bonds is 8. The Morgan fingerprint density at radius 3 is 2.66 bits per heavy atom. The molecule has 0 radical (unpaired) electrons. The number of carbonyl (C=O) groups excluding carboxylic acids is 1. The van der Waals surface area contributed by atoms with E-state index in [-0.39, 0.29) is 11.5 Å². The number of hydrogen-bond donors (Lipinski definition) is 3. The molecule has 0 saturated carbocycles. The van der Waals surface area contributed by atoms with E-state index in [1.54, 1.807) is 41.9 Å². The molecule has 1 aliphatic heterocycles. The molecule has 1 aliphatic rings. The molecule has 1 atom stereocenters. The van der Waals surface area contributed by atoms with Gasteiger partial charge in [-0.25, -0.2) is 9.97 Å². The predicted molar refractivity (Wildman–Crippen MR) is 158 cm³/mol. The van der Waals surface area contributed by atoms with Gasteiger partial charge in [-0.2, -0.15) is 4.52 Å². The maximum atomic E-state index is 13.3. The quantitative estimate of drug-likeness (QED) is 0.244. The second-order valence-corrected chi connectivity index (χ2v) is 10.5. The number of nitrogen functional groups attached to an aromatic ring is 1. The molecule has 1 fully saturated rings. The van der Waals surface area contributed by atoms with E-state index in [4.69, 9.17) is 17.3 Å². The Hall–Kier alpha value is -4.61. The van der Waals surface area contributed by atoms with Crippen LogP contribution in [0, 0.1) is 0 Å². The zero-order chi connectivity index (χ0) is 28.3. The van der Waals surface area contributed by atoms with Gasteiger partial charge in [0, 0.05) is 22.8 Å². The van der Waals surface area contributed by atoms with E-state index in [0.717, 1.165) is 30.9 Å². The first-order valence-electron chi connectivity index (χ1n) is 13.4. The number of aromatic nitrogens is 6. The summed E-state index contributed by atoms with van der Waals surface area (Å²) >= 11 is 6.10. The fourth-order valence-corrected chi connectivity index (χ4v) is 5.06. The van der Waals surface area contributed by atoms with Gasteiger partial charge in [-0.3, -0.25) is 9.69 Å². The molecule has 6 rings (SSSR count). The third kappa shape index (κ3) is 5.96. The summed E-state index contributed by atoms with van der Waals surface area (Å²) < 4.78 is 1.58. The lowest BCUT2D eigenvalue weighted by Gasteiger charge is -2.15. The maximum Gasteiger partial charge on any atom is 0.274 e. The molecule has 1 saturated heterocycles. The van der Waals surface area contributed by atoms with E-state index < -0.39 is 11.9 Å². The molecule has 4 heterocycles. The molecule has 5 aromatic rings. The number of hydrogen-bond acceptors (Lipinski definition) is 9. The summed E-state index contributed by atoms with van der Waals surface area (Å²) in [5.41, 5.74) is 10.1. The van der Waals surface area contributed by atoms with Crippen molar-refractivity contribution in [1.82, 2.24) is 40.0 Å². The van der Waals surface area contributed by atoms with Crippen LogP contribution in [0.5, 0.6) is 0 Å². The number of fused-ring (bicyclic) bond motifs is 1. The fourth-order valence-electron chi connectivity index (χ4n) is 4.87. The van der Waals surface area contributed by atoms with Crippen LogP contribution in [0.15, 0.2) is 66.9 Å². The van der Waals surface area contributed by atoms with Crippen molar-refractivity contribution in [1.29, 1.82) is 0 Å². The van der Waals surface area contributed by atoms with Crippen molar-refractivity contribution < 1.29 is 4.79 Å². The molecule has 2 aromatic carbocycles. The zero-order valence-corrected chi connectivity index (χ0v) is 23.2. The number of nitrogens with zero attached hydrogens (tertiary/aromatic N) is 7. The molecule has 0 bridgehead atoms. The Labute approximate surface area is 241 Å². The van der Waals surface area contributed by atoms with E-state index in [2.05, 4.69) is 52.9 Å². The molecular weight excluding hydrogens is 540 g/mol. The highest BCUT2D eigenvalue weighted by molar-refractivity contribution is 6.30. The number of amides is 1. The van der Waals surface area contributed by atoms with Crippen molar-refractivity contribution in [3.8, 4) is 11.3 Å². The average molecular weight is 569 g/mol. The first-order valence-corrected chi connectivity index (χ1v) is 13.8. The molecule has 0 spiro atoms. The molecular formula is C29H29ClN10O. The van der Waals surface area contributed by atoms with Crippen LogP contribution < -0.4 is 16.4 Å². The second kappa shape index (κ2) is 11.5.